The molecule has 6 heteroatoms. The van der Waals surface area contributed by atoms with Gasteiger partial charge in [0, 0.05) is 18.2 Å². The van der Waals surface area contributed by atoms with Gasteiger partial charge in [0.2, 0.25) is 0 Å². The molecule has 1 aromatic rings. The first kappa shape index (κ1) is 18.7. The summed E-state index contributed by atoms with van der Waals surface area (Å²) in [6.07, 6.45) is 7.47. The van der Waals surface area contributed by atoms with Crippen LogP contribution in [0.4, 0.5) is 5.69 Å². The summed E-state index contributed by atoms with van der Waals surface area (Å²) in [5.41, 5.74) is 2.31. The molecular formula is C21H24N2O2S2. The lowest BCUT2D eigenvalue weighted by molar-refractivity contribution is -0.124. The molecule has 0 atom stereocenters. The van der Waals surface area contributed by atoms with E-state index >= 15 is 0 Å². The van der Waals surface area contributed by atoms with Gasteiger partial charge in [-0.25, -0.2) is 0 Å². The van der Waals surface area contributed by atoms with Crippen LogP contribution in [0, 0.1) is 0 Å². The first-order valence-electron chi connectivity index (χ1n) is 9.84. The second-order valence-electron chi connectivity index (χ2n) is 7.37. The van der Waals surface area contributed by atoms with Crippen LogP contribution < -0.4 is 4.90 Å². The first-order chi connectivity index (χ1) is 13.1. The molecule has 1 saturated carbocycles. The molecule has 2 aliphatic heterocycles. The lowest BCUT2D eigenvalue weighted by atomic mass is 9.94. The fourth-order valence-corrected chi connectivity index (χ4v) is 5.69. The second kappa shape index (κ2) is 7.76. The summed E-state index contributed by atoms with van der Waals surface area (Å²) in [6, 6.07) is 7.98. The average molecular weight is 401 g/mol. The predicted octanol–water partition coefficient (Wildman–Crippen LogP) is 4.74. The number of rotatable bonds is 4. The molecule has 27 heavy (non-hydrogen) atoms. The van der Waals surface area contributed by atoms with Crippen LogP contribution in [-0.4, -0.2) is 33.6 Å². The fraction of sp³-hybridized carbons (Fsp3) is 0.476. The molecule has 142 valence electrons. The molecule has 3 aliphatic rings. The van der Waals surface area contributed by atoms with Crippen molar-refractivity contribution in [2.75, 3.05) is 11.4 Å². The number of anilines is 1. The summed E-state index contributed by atoms with van der Waals surface area (Å²) in [4.78, 5) is 30.6. The topological polar surface area (TPSA) is 40.6 Å². The lowest BCUT2D eigenvalue weighted by Gasteiger charge is -2.29. The highest BCUT2D eigenvalue weighted by Gasteiger charge is 2.43. The van der Waals surface area contributed by atoms with Crippen molar-refractivity contribution in [3.05, 3.63) is 34.7 Å². The van der Waals surface area contributed by atoms with Crippen molar-refractivity contribution in [1.82, 2.24) is 4.90 Å². The van der Waals surface area contributed by atoms with Crippen molar-refractivity contribution >= 4 is 51.4 Å². The third-order valence-electron chi connectivity index (χ3n) is 5.62. The summed E-state index contributed by atoms with van der Waals surface area (Å²) in [5, 5.41) is 0. The summed E-state index contributed by atoms with van der Waals surface area (Å²) in [6.45, 7) is 2.79. The minimum Gasteiger partial charge on any atom is -0.308 e. The molecule has 0 N–H and O–H groups in total. The number of thiocarbonyl (C=S) groups is 1. The summed E-state index contributed by atoms with van der Waals surface area (Å²) >= 11 is 6.86. The quantitative estimate of drug-likeness (QED) is 0.541. The molecule has 0 bridgehead atoms. The zero-order chi connectivity index (χ0) is 19.0. The Hall–Kier alpha value is -1.66. The number of nitrogens with zero attached hydrogens (tertiary/aromatic N) is 2. The molecular weight excluding hydrogens is 376 g/mol. The smallest absolute Gasteiger partial charge is 0.267 e. The number of carbonyl (C=O) groups excluding carboxylic acids is 2. The normalized spacial score (nSPS) is 23.5. The van der Waals surface area contributed by atoms with Crippen LogP contribution in [0.2, 0.25) is 0 Å². The van der Waals surface area contributed by atoms with E-state index in [1.807, 2.05) is 29.2 Å². The highest BCUT2D eigenvalue weighted by Crippen LogP contribution is 2.45. The number of carbonyl (C=O) groups is 2. The molecule has 2 fully saturated rings. The van der Waals surface area contributed by atoms with Crippen LogP contribution in [0.25, 0.3) is 5.57 Å². The predicted molar refractivity (Wildman–Crippen MR) is 115 cm³/mol. The van der Waals surface area contributed by atoms with Gasteiger partial charge in [-0.3, -0.25) is 14.5 Å². The Morgan fingerprint density at radius 2 is 1.85 bits per heavy atom. The van der Waals surface area contributed by atoms with Crippen LogP contribution in [0.5, 0.6) is 0 Å². The Kier molecular flexibility index (Phi) is 5.37. The van der Waals surface area contributed by atoms with E-state index in [0.29, 0.717) is 21.3 Å². The minimum atomic E-state index is -0.0765. The number of unbranched alkanes of at least 4 members (excludes halogenated alkanes) is 1. The molecule has 4 nitrogen and oxygen atoms in total. The van der Waals surface area contributed by atoms with E-state index in [9.17, 15) is 9.59 Å². The van der Waals surface area contributed by atoms with E-state index in [1.54, 1.807) is 4.90 Å². The number of para-hydroxylation sites is 1. The van der Waals surface area contributed by atoms with Gasteiger partial charge in [0.15, 0.2) is 0 Å². The van der Waals surface area contributed by atoms with Gasteiger partial charge in [-0.1, -0.05) is 74.8 Å². The van der Waals surface area contributed by atoms with E-state index < -0.39 is 0 Å². The second-order valence-corrected chi connectivity index (χ2v) is 9.01. The molecule has 4 rings (SSSR count). The number of hydrogen-bond acceptors (Lipinski definition) is 4. The van der Waals surface area contributed by atoms with Gasteiger partial charge in [0.25, 0.3) is 11.8 Å². The number of amides is 2. The van der Waals surface area contributed by atoms with Crippen LogP contribution in [0.1, 0.15) is 57.4 Å². The van der Waals surface area contributed by atoms with Gasteiger partial charge in [0.1, 0.15) is 4.32 Å². The Bertz CT molecular complexity index is 827. The largest absolute Gasteiger partial charge is 0.308 e. The van der Waals surface area contributed by atoms with E-state index in [0.717, 1.165) is 49.8 Å². The van der Waals surface area contributed by atoms with Gasteiger partial charge in [-0.05, 0) is 25.3 Å². The fourth-order valence-electron chi connectivity index (χ4n) is 4.22. The van der Waals surface area contributed by atoms with E-state index in [4.69, 9.17) is 12.2 Å². The number of benzene rings is 1. The molecule has 0 radical (unpaired) electrons. The van der Waals surface area contributed by atoms with Crippen molar-refractivity contribution in [2.24, 2.45) is 0 Å². The Morgan fingerprint density at radius 1 is 1.11 bits per heavy atom. The molecule has 1 aromatic carbocycles. The summed E-state index contributed by atoms with van der Waals surface area (Å²) in [5.74, 6) is -0.138. The molecule has 0 aromatic heterocycles. The third kappa shape index (κ3) is 3.23. The maximum absolute atomic E-state index is 13.3. The standard InChI is InChI=1S/C21H24N2O2S2/c1-2-3-13-22-16-12-8-7-11-15(16)17(19(22)24)18-20(25)23(21(26)27-18)14-9-5-4-6-10-14/h7-8,11-12,14H,2-6,9-10,13H2,1H3. The van der Waals surface area contributed by atoms with Gasteiger partial charge in [0.05, 0.1) is 16.2 Å². The maximum Gasteiger partial charge on any atom is 0.267 e. The van der Waals surface area contributed by atoms with Crippen molar-refractivity contribution in [3.8, 4) is 0 Å². The zero-order valence-electron chi connectivity index (χ0n) is 15.6. The summed E-state index contributed by atoms with van der Waals surface area (Å²) < 4.78 is 0.603. The molecule has 1 aliphatic carbocycles. The van der Waals surface area contributed by atoms with Crippen LogP contribution >= 0.6 is 24.0 Å². The minimum absolute atomic E-state index is 0.0613. The van der Waals surface area contributed by atoms with Gasteiger partial charge >= 0.3 is 0 Å². The first-order valence-corrected chi connectivity index (χ1v) is 11.1. The Morgan fingerprint density at radius 3 is 2.59 bits per heavy atom. The van der Waals surface area contributed by atoms with Crippen LogP contribution in [0.15, 0.2) is 29.2 Å². The van der Waals surface area contributed by atoms with Crippen molar-refractivity contribution in [2.45, 2.75) is 57.9 Å². The van der Waals surface area contributed by atoms with E-state index in [-0.39, 0.29) is 17.9 Å². The zero-order valence-corrected chi connectivity index (χ0v) is 17.2. The lowest BCUT2D eigenvalue weighted by Crippen LogP contribution is -2.40. The molecule has 2 amide bonds. The number of hydrogen-bond donors (Lipinski definition) is 0. The van der Waals surface area contributed by atoms with Gasteiger partial charge in [-0.2, -0.15) is 0 Å². The van der Waals surface area contributed by atoms with Crippen molar-refractivity contribution < 1.29 is 9.59 Å². The van der Waals surface area contributed by atoms with Gasteiger partial charge in [-0.15, -0.1) is 0 Å². The molecule has 2 heterocycles. The monoisotopic (exact) mass is 400 g/mol. The molecule has 1 saturated heterocycles. The van der Waals surface area contributed by atoms with Crippen molar-refractivity contribution in [1.29, 1.82) is 0 Å². The average Bonchev–Trinajstić information content (AvgIpc) is 3.13. The third-order valence-corrected chi connectivity index (χ3v) is 7.03. The van der Waals surface area contributed by atoms with Crippen molar-refractivity contribution in [3.63, 3.8) is 0 Å². The highest BCUT2D eigenvalue weighted by molar-refractivity contribution is 8.26. The van der Waals surface area contributed by atoms with Crippen LogP contribution in [-0.2, 0) is 9.59 Å². The van der Waals surface area contributed by atoms with Gasteiger partial charge < -0.3 is 4.90 Å². The Labute approximate surface area is 170 Å². The number of thioether (sulfide) groups is 1. The highest BCUT2D eigenvalue weighted by atomic mass is 32.2. The number of fused-ring (bicyclic) bond motifs is 1. The Balaban J connectivity index is 1.73. The molecule has 0 spiro atoms. The van der Waals surface area contributed by atoms with E-state index in [2.05, 4.69) is 6.92 Å². The maximum atomic E-state index is 13.3. The SMILES string of the molecule is CCCCN1C(=O)C(=C2SC(=S)N(C3CCCCC3)C2=O)c2ccccc21. The molecule has 0 unspecified atom stereocenters. The summed E-state index contributed by atoms with van der Waals surface area (Å²) in [7, 11) is 0. The van der Waals surface area contributed by atoms with E-state index in [1.165, 1.54) is 18.2 Å². The van der Waals surface area contributed by atoms with Crippen LogP contribution in [0.3, 0.4) is 0 Å².